The van der Waals surface area contributed by atoms with Crippen molar-refractivity contribution in [1.82, 2.24) is 0 Å². The summed E-state index contributed by atoms with van der Waals surface area (Å²) < 4.78 is 0. The molecule has 0 amide bonds. The van der Waals surface area contributed by atoms with Crippen molar-refractivity contribution in [3.8, 4) is 0 Å². The topological polar surface area (TPSA) is 34.1 Å². The second-order valence-corrected chi connectivity index (χ2v) is 5.63. The van der Waals surface area contributed by atoms with E-state index in [1.165, 1.54) is 6.42 Å². The molecule has 13 heavy (non-hydrogen) atoms. The van der Waals surface area contributed by atoms with Crippen LogP contribution in [0.25, 0.3) is 0 Å². The zero-order valence-corrected chi connectivity index (χ0v) is 7.14. The van der Waals surface area contributed by atoms with Crippen LogP contribution in [0.1, 0.15) is 6.42 Å². The molecule has 5 saturated carbocycles. The maximum Gasteiger partial charge on any atom is 0.141 e. The predicted octanol–water partition coefficient (Wildman–Crippen LogP) is 0.512. The second-order valence-electron chi connectivity index (χ2n) is 5.63. The highest BCUT2D eigenvalue weighted by molar-refractivity contribution is 6.06. The van der Waals surface area contributed by atoms with Gasteiger partial charge < -0.3 is 0 Å². The molecule has 0 saturated heterocycles. The quantitative estimate of drug-likeness (QED) is 0.536. The summed E-state index contributed by atoms with van der Waals surface area (Å²) in [7, 11) is 0. The second kappa shape index (κ2) is 1.32. The van der Waals surface area contributed by atoms with E-state index in [0.29, 0.717) is 35.2 Å². The zero-order chi connectivity index (χ0) is 8.48. The van der Waals surface area contributed by atoms with Gasteiger partial charge in [0, 0.05) is 23.7 Å². The molecule has 66 valence electrons. The van der Waals surface area contributed by atoms with Gasteiger partial charge in [0.15, 0.2) is 0 Å². The molecule has 0 aromatic heterocycles. The summed E-state index contributed by atoms with van der Waals surface area (Å²) in [5.41, 5.74) is 0. The van der Waals surface area contributed by atoms with Crippen molar-refractivity contribution < 1.29 is 9.59 Å². The summed E-state index contributed by atoms with van der Waals surface area (Å²) >= 11 is 0. The van der Waals surface area contributed by atoms with E-state index in [1.54, 1.807) is 0 Å². The Hall–Kier alpha value is -0.660. The average Bonchev–Trinajstić information content (AvgIpc) is 2.52. The predicted molar refractivity (Wildman–Crippen MR) is 42.6 cm³/mol. The standard InChI is InChI=1S/C11H10O2/c12-10-6-2-1-3-5-4(2)8(10)9(5)11(13)7(3)6/h2-9H,1H2/t2-,3+,4-,5-,6+,7+,8-,9+/m0/s1. The first-order valence-electron chi connectivity index (χ1n) is 5.38. The minimum Gasteiger partial charge on any atom is -0.299 e. The largest absolute Gasteiger partial charge is 0.299 e. The molecule has 0 N–H and O–H groups in total. The van der Waals surface area contributed by atoms with Crippen LogP contribution in [0, 0.1) is 47.3 Å². The minimum atomic E-state index is 0.211. The van der Waals surface area contributed by atoms with Gasteiger partial charge in [0.05, 0.1) is 0 Å². The minimum absolute atomic E-state index is 0.211. The van der Waals surface area contributed by atoms with Crippen LogP contribution >= 0.6 is 0 Å². The molecule has 0 radical (unpaired) electrons. The van der Waals surface area contributed by atoms with Crippen LogP contribution in [-0.2, 0) is 9.59 Å². The Labute approximate surface area is 75.7 Å². The molecule has 2 bridgehead atoms. The van der Waals surface area contributed by atoms with Crippen molar-refractivity contribution in [2.45, 2.75) is 6.42 Å². The Morgan fingerprint density at radius 2 is 1.23 bits per heavy atom. The van der Waals surface area contributed by atoms with Crippen molar-refractivity contribution >= 4 is 11.6 Å². The molecule has 0 aliphatic heterocycles. The molecule has 5 rings (SSSR count). The number of hydrogen-bond donors (Lipinski definition) is 0. The molecule has 2 nitrogen and oxygen atoms in total. The van der Waals surface area contributed by atoms with Gasteiger partial charge in [-0.1, -0.05) is 0 Å². The fraction of sp³-hybridized carbons (Fsp3) is 0.818. The maximum absolute atomic E-state index is 11.9. The van der Waals surface area contributed by atoms with E-state index < -0.39 is 0 Å². The molecule has 0 aromatic carbocycles. The molecular formula is C11H10O2. The molecule has 5 aliphatic carbocycles. The molecule has 0 aromatic rings. The van der Waals surface area contributed by atoms with E-state index in [4.69, 9.17) is 0 Å². The molecule has 0 spiro atoms. The van der Waals surface area contributed by atoms with Crippen LogP contribution in [-0.4, -0.2) is 11.6 Å². The third-order valence-corrected chi connectivity index (χ3v) is 5.82. The summed E-state index contributed by atoms with van der Waals surface area (Å²) in [4.78, 5) is 23.8. The van der Waals surface area contributed by atoms with E-state index >= 15 is 0 Å². The first-order chi connectivity index (χ1) is 6.30. The molecular weight excluding hydrogens is 164 g/mol. The van der Waals surface area contributed by atoms with Crippen LogP contribution in [0.5, 0.6) is 0 Å². The number of rotatable bonds is 0. The molecule has 5 aliphatic rings. The maximum atomic E-state index is 11.9. The Morgan fingerprint density at radius 3 is 1.69 bits per heavy atom. The Morgan fingerprint density at radius 1 is 0.769 bits per heavy atom. The van der Waals surface area contributed by atoms with E-state index in [0.717, 1.165) is 0 Å². The zero-order valence-electron chi connectivity index (χ0n) is 7.14. The number of hydrogen-bond acceptors (Lipinski definition) is 2. The monoisotopic (exact) mass is 174 g/mol. The van der Waals surface area contributed by atoms with Gasteiger partial charge >= 0.3 is 0 Å². The molecule has 8 atom stereocenters. The summed E-state index contributed by atoms with van der Waals surface area (Å²) in [6.07, 6.45) is 1.22. The molecule has 0 unspecified atom stereocenters. The molecule has 2 heteroatoms. The molecule has 0 heterocycles. The lowest BCUT2D eigenvalue weighted by atomic mass is 9.59. The van der Waals surface area contributed by atoms with Crippen LogP contribution in [0.2, 0.25) is 0 Å². The first-order valence-corrected chi connectivity index (χ1v) is 5.38. The number of carbonyl (C=O) groups excluding carboxylic acids is 2. The van der Waals surface area contributed by atoms with Crippen molar-refractivity contribution in [3.05, 3.63) is 0 Å². The number of carbonyl (C=O) groups is 2. The van der Waals surface area contributed by atoms with Gasteiger partial charge in [0.1, 0.15) is 11.6 Å². The fourth-order valence-electron chi connectivity index (χ4n) is 5.80. The normalized spacial score (nSPS) is 74.2. The fourth-order valence-corrected chi connectivity index (χ4v) is 5.80. The summed E-state index contributed by atoms with van der Waals surface area (Å²) in [6, 6.07) is 0. The third-order valence-electron chi connectivity index (χ3n) is 5.82. The van der Waals surface area contributed by atoms with Crippen molar-refractivity contribution in [2.75, 3.05) is 0 Å². The van der Waals surface area contributed by atoms with Gasteiger partial charge in [-0.3, -0.25) is 9.59 Å². The van der Waals surface area contributed by atoms with Crippen molar-refractivity contribution in [3.63, 3.8) is 0 Å². The smallest absolute Gasteiger partial charge is 0.141 e. The highest BCUT2D eigenvalue weighted by Crippen LogP contribution is 2.80. The van der Waals surface area contributed by atoms with Gasteiger partial charge in [-0.2, -0.15) is 0 Å². The molecule has 5 fully saturated rings. The van der Waals surface area contributed by atoms with Crippen LogP contribution in [0.3, 0.4) is 0 Å². The SMILES string of the molecule is O=C1[C@@H]2[C@H]3C[C@H]4[C@H]2C(=O)[C@H]2[C@@H]1[C@@H]3[C@H]42. The summed E-state index contributed by atoms with van der Waals surface area (Å²) in [6.45, 7) is 0. The van der Waals surface area contributed by atoms with Gasteiger partial charge in [-0.05, 0) is 30.1 Å². The van der Waals surface area contributed by atoms with Gasteiger partial charge in [-0.15, -0.1) is 0 Å². The van der Waals surface area contributed by atoms with Gasteiger partial charge in [0.25, 0.3) is 0 Å². The van der Waals surface area contributed by atoms with Gasteiger partial charge in [-0.25, -0.2) is 0 Å². The Balaban J connectivity index is 1.92. The number of ketones is 2. The van der Waals surface area contributed by atoms with E-state index in [9.17, 15) is 9.59 Å². The lowest BCUT2D eigenvalue weighted by Gasteiger charge is -2.42. The van der Waals surface area contributed by atoms with Crippen LogP contribution < -0.4 is 0 Å². The van der Waals surface area contributed by atoms with Gasteiger partial charge in [0.2, 0.25) is 0 Å². The number of Topliss-reactive ketones (excluding diaryl/α,β-unsaturated/α-hetero) is 2. The number of fused-ring (bicyclic) bond motifs is 2. The van der Waals surface area contributed by atoms with E-state index in [1.807, 2.05) is 0 Å². The van der Waals surface area contributed by atoms with Crippen LogP contribution in [0.15, 0.2) is 0 Å². The van der Waals surface area contributed by atoms with E-state index in [-0.39, 0.29) is 23.7 Å². The highest BCUT2D eigenvalue weighted by atomic mass is 16.1. The van der Waals surface area contributed by atoms with Crippen molar-refractivity contribution in [1.29, 1.82) is 0 Å². The lowest BCUT2D eigenvalue weighted by Crippen LogP contribution is -2.47. The lowest BCUT2D eigenvalue weighted by molar-refractivity contribution is -0.145. The van der Waals surface area contributed by atoms with E-state index in [2.05, 4.69) is 0 Å². The third kappa shape index (κ3) is 0.323. The van der Waals surface area contributed by atoms with Crippen LogP contribution in [0.4, 0.5) is 0 Å². The summed E-state index contributed by atoms with van der Waals surface area (Å²) in [5, 5.41) is 0. The summed E-state index contributed by atoms with van der Waals surface area (Å²) in [5.74, 6) is 4.49. The Bertz CT molecular complexity index is 346. The highest BCUT2D eigenvalue weighted by Gasteiger charge is 2.84. The average molecular weight is 174 g/mol. The first kappa shape index (κ1) is 5.94. The Kier molecular flexibility index (Phi) is 0.602. The van der Waals surface area contributed by atoms with Crippen molar-refractivity contribution in [2.24, 2.45) is 47.3 Å².